The molecule has 90 valence electrons. The van der Waals surface area contributed by atoms with E-state index in [4.69, 9.17) is 4.74 Å². The number of aliphatic hydroxyl groups is 1. The molecular weight excluding hydrogens is 204 g/mol. The minimum atomic E-state index is -1.03. The molecule has 0 spiro atoms. The first-order chi connectivity index (χ1) is 7.27. The van der Waals surface area contributed by atoms with Gasteiger partial charge in [-0.15, -0.1) is 0 Å². The van der Waals surface area contributed by atoms with Crippen molar-refractivity contribution in [1.82, 2.24) is 0 Å². The highest BCUT2D eigenvalue weighted by atomic mass is 16.5. The molecule has 0 amide bonds. The third-order valence-corrected chi connectivity index (χ3v) is 2.63. The van der Waals surface area contributed by atoms with Crippen molar-refractivity contribution < 1.29 is 14.9 Å². The Hall–Kier alpha value is -1.22. The van der Waals surface area contributed by atoms with Crippen LogP contribution < -0.4 is 4.74 Å². The predicted octanol–water partition coefficient (Wildman–Crippen LogP) is 2.75. The Morgan fingerprint density at radius 1 is 1.25 bits per heavy atom. The molecule has 0 fully saturated rings. The summed E-state index contributed by atoms with van der Waals surface area (Å²) in [4.78, 5) is 0. The fourth-order valence-corrected chi connectivity index (χ4v) is 1.69. The van der Waals surface area contributed by atoms with Crippen molar-refractivity contribution in [2.24, 2.45) is 0 Å². The molecule has 0 radical (unpaired) electrons. The standard InChI is InChI=1S/C13H20O3/c1-8(2)9-6-12(16-5)10(7-11(9)14)13(3,4)15/h6-8,14-15H,1-5H3. The number of phenols is 1. The maximum absolute atomic E-state index is 9.96. The predicted molar refractivity (Wildman–Crippen MR) is 64.0 cm³/mol. The van der Waals surface area contributed by atoms with Crippen LogP contribution in [0.4, 0.5) is 0 Å². The summed E-state index contributed by atoms with van der Waals surface area (Å²) < 4.78 is 5.25. The molecule has 3 nitrogen and oxygen atoms in total. The van der Waals surface area contributed by atoms with Gasteiger partial charge in [0.1, 0.15) is 11.5 Å². The van der Waals surface area contributed by atoms with E-state index in [0.29, 0.717) is 11.3 Å². The minimum absolute atomic E-state index is 0.202. The lowest BCUT2D eigenvalue weighted by Gasteiger charge is -2.23. The highest BCUT2D eigenvalue weighted by Crippen LogP contribution is 2.37. The van der Waals surface area contributed by atoms with E-state index in [1.807, 2.05) is 13.8 Å². The van der Waals surface area contributed by atoms with Crippen molar-refractivity contribution in [2.45, 2.75) is 39.2 Å². The van der Waals surface area contributed by atoms with Crippen molar-refractivity contribution in [2.75, 3.05) is 7.11 Å². The summed E-state index contributed by atoms with van der Waals surface area (Å²) >= 11 is 0. The molecule has 16 heavy (non-hydrogen) atoms. The van der Waals surface area contributed by atoms with Crippen LogP contribution in [0.15, 0.2) is 12.1 Å². The van der Waals surface area contributed by atoms with E-state index in [1.54, 1.807) is 33.1 Å². The van der Waals surface area contributed by atoms with E-state index in [9.17, 15) is 10.2 Å². The highest BCUT2D eigenvalue weighted by molar-refractivity contribution is 5.49. The molecule has 0 bridgehead atoms. The second-order valence-corrected chi connectivity index (χ2v) is 4.83. The highest BCUT2D eigenvalue weighted by Gasteiger charge is 2.23. The first kappa shape index (κ1) is 12.8. The Balaban J connectivity index is 3.38. The van der Waals surface area contributed by atoms with Crippen LogP contribution in [0.25, 0.3) is 0 Å². The maximum atomic E-state index is 9.96. The molecule has 3 heteroatoms. The van der Waals surface area contributed by atoms with Gasteiger partial charge in [-0.25, -0.2) is 0 Å². The lowest BCUT2D eigenvalue weighted by atomic mass is 9.92. The molecule has 2 N–H and O–H groups in total. The van der Waals surface area contributed by atoms with Gasteiger partial charge in [-0.3, -0.25) is 0 Å². The fraction of sp³-hybridized carbons (Fsp3) is 0.538. The van der Waals surface area contributed by atoms with Gasteiger partial charge < -0.3 is 14.9 Å². The van der Waals surface area contributed by atoms with Crippen molar-refractivity contribution in [3.8, 4) is 11.5 Å². The number of methoxy groups -OCH3 is 1. The van der Waals surface area contributed by atoms with E-state index in [0.717, 1.165) is 5.56 Å². The summed E-state index contributed by atoms with van der Waals surface area (Å²) in [6.45, 7) is 7.33. The Morgan fingerprint density at radius 3 is 2.19 bits per heavy atom. The molecule has 0 aliphatic heterocycles. The van der Waals surface area contributed by atoms with Gasteiger partial charge in [0.2, 0.25) is 0 Å². The number of rotatable bonds is 3. The summed E-state index contributed by atoms with van der Waals surface area (Å²) in [5, 5.41) is 19.8. The van der Waals surface area contributed by atoms with Crippen LogP contribution in [0.3, 0.4) is 0 Å². The summed E-state index contributed by atoms with van der Waals surface area (Å²) in [7, 11) is 1.56. The maximum Gasteiger partial charge on any atom is 0.125 e. The molecule has 0 unspecified atom stereocenters. The van der Waals surface area contributed by atoms with Crippen LogP contribution in [0.5, 0.6) is 11.5 Å². The normalized spacial score (nSPS) is 11.9. The lowest BCUT2D eigenvalue weighted by Crippen LogP contribution is -2.17. The van der Waals surface area contributed by atoms with Gasteiger partial charge in [0.15, 0.2) is 0 Å². The van der Waals surface area contributed by atoms with E-state index in [-0.39, 0.29) is 11.7 Å². The lowest BCUT2D eigenvalue weighted by molar-refractivity contribution is 0.0753. The third kappa shape index (κ3) is 2.47. The van der Waals surface area contributed by atoms with Gasteiger partial charge in [0.25, 0.3) is 0 Å². The van der Waals surface area contributed by atoms with Crippen molar-refractivity contribution in [1.29, 1.82) is 0 Å². The van der Waals surface area contributed by atoms with E-state index >= 15 is 0 Å². The van der Waals surface area contributed by atoms with Crippen LogP contribution in [0.2, 0.25) is 0 Å². The summed E-state index contributed by atoms with van der Waals surface area (Å²) in [5.74, 6) is 1.02. The first-order valence-electron chi connectivity index (χ1n) is 5.41. The van der Waals surface area contributed by atoms with E-state index in [1.165, 1.54) is 0 Å². The van der Waals surface area contributed by atoms with E-state index < -0.39 is 5.60 Å². The molecule has 1 aromatic carbocycles. The third-order valence-electron chi connectivity index (χ3n) is 2.63. The number of aromatic hydroxyl groups is 1. The SMILES string of the molecule is COc1cc(C(C)C)c(O)cc1C(C)(C)O. The topological polar surface area (TPSA) is 49.7 Å². The summed E-state index contributed by atoms with van der Waals surface area (Å²) in [6.07, 6.45) is 0. The average Bonchev–Trinajstić information content (AvgIpc) is 2.15. The van der Waals surface area contributed by atoms with Gasteiger partial charge in [0.05, 0.1) is 12.7 Å². The van der Waals surface area contributed by atoms with Gasteiger partial charge >= 0.3 is 0 Å². The molecular formula is C13H20O3. The van der Waals surface area contributed by atoms with Gasteiger partial charge in [-0.1, -0.05) is 13.8 Å². The number of ether oxygens (including phenoxy) is 1. The first-order valence-corrected chi connectivity index (χ1v) is 5.41. The second-order valence-electron chi connectivity index (χ2n) is 4.83. The molecule has 1 aromatic rings. The van der Waals surface area contributed by atoms with Gasteiger partial charge in [-0.05, 0) is 31.9 Å². The Morgan fingerprint density at radius 2 is 1.81 bits per heavy atom. The van der Waals surface area contributed by atoms with Crippen LogP contribution in [0, 0.1) is 0 Å². The van der Waals surface area contributed by atoms with Gasteiger partial charge in [0, 0.05) is 11.1 Å². The molecule has 0 aliphatic rings. The molecule has 0 aliphatic carbocycles. The fourth-order valence-electron chi connectivity index (χ4n) is 1.69. The average molecular weight is 224 g/mol. The molecule has 0 atom stereocenters. The van der Waals surface area contributed by atoms with Crippen molar-refractivity contribution >= 4 is 0 Å². The minimum Gasteiger partial charge on any atom is -0.508 e. The zero-order valence-electron chi connectivity index (χ0n) is 10.5. The Labute approximate surface area is 96.7 Å². The molecule has 0 aromatic heterocycles. The van der Waals surface area contributed by atoms with Crippen molar-refractivity contribution in [3.63, 3.8) is 0 Å². The number of hydrogen-bond donors (Lipinski definition) is 2. The van der Waals surface area contributed by atoms with Gasteiger partial charge in [-0.2, -0.15) is 0 Å². The quantitative estimate of drug-likeness (QED) is 0.830. The van der Waals surface area contributed by atoms with Crippen LogP contribution >= 0.6 is 0 Å². The molecule has 1 rings (SSSR count). The molecule has 0 saturated heterocycles. The largest absolute Gasteiger partial charge is 0.508 e. The Kier molecular flexibility index (Phi) is 3.48. The number of phenolic OH excluding ortho intramolecular Hbond substituents is 1. The Bertz CT molecular complexity index is 375. The smallest absolute Gasteiger partial charge is 0.125 e. The van der Waals surface area contributed by atoms with Crippen LogP contribution in [-0.2, 0) is 5.60 Å². The molecule has 0 heterocycles. The number of benzene rings is 1. The van der Waals surface area contributed by atoms with E-state index in [2.05, 4.69) is 0 Å². The molecule has 0 saturated carbocycles. The monoisotopic (exact) mass is 224 g/mol. The summed E-state index contributed by atoms with van der Waals surface area (Å²) in [5.41, 5.74) is 0.389. The van der Waals surface area contributed by atoms with Crippen molar-refractivity contribution in [3.05, 3.63) is 23.3 Å². The second kappa shape index (κ2) is 4.34. The summed E-state index contributed by atoms with van der Waals surface area (Å²) in [6, 6.07) is 3.36. The van der Waals surface area contributed by atoms with Crippen LogP contribution in [-0.4, -0.2) is 17.3 Å². The van der Waals surface area contributed by atoms with Crippen LogP contribution in [0.1, 0.15) is 44.7 Å². The number of hydrogen-bond acceptors (Lipinski definition) is 3. The zero-order chi connectivity index (χ0) is 12.5. The zero-order valence-corrected chi connectivity index (χ0v) is 10.5.